The van der Waals surface area contributed by atoms with E-state index < -0.39 is 27.2 Å². The summed E-state index contributed by atoms with van der Waals surface area (Å²) in [5.74, 6) is 3.85. The molecule has 0 amide bonds. The van der Waals surface area contributed by atoms with Gasteiger partial charge in [0.25, 0.3) is 0 Å². The number of benzene rings is 2. The number of halogens is 1. The fraction of sp³-hybridized carbons (Fsp3) is 0.444. The van der Waals surface area contributed by atoms with E-state index in [9.17, 15) is 18.3 Å². The molecule has 6 nitrogen and oxygen atoms in total. The topological polar surface area (TPSA) is 77.9 Å². The van der Waals surface area contributed by atoms with Crippen LogP contribution in [0.3, 0.4) is 0 Å². The first-order valence-corrected chi connectivity index (χ1v) is 13.6. The Bertz CT molecular complexity index is 1310. The summed E-state index contributed by atoms with van der Waals surface area (Å²) in [7, 11) is -2.33. The summed E-state index contributed by atoms with van der Waals surface area (Å²) in [5, 5.41) is 9.41. The third kappa shape index (κ3) is 4.32. The number of rotatable bonds is 3. The van der Waals surface area contributed by atoms with Crippen LogP contribution in [0.2, 0.25) is 0 Å². The van der Waals surface area contributed by atoms with Crippen LogP contribution >= 0.6 is 0 Å². The Kier molecular flexibility index (Phi) is 6.10. The van der Waals surface area contributed by atoms with Gasteiger partial charge in [-0.15, -0.1) is 0 Å². The van der Waals surface area contributed by atoms with Crippen molar-refractivity contribution in [3.8, 4) is 11.8 Å². The smallest absolute Gasteiger partial charge is 0.321 e. The fourth-order valence-electron chi connectivity index (χ4n) is 5.31. The zero-order valence-corrected chi connectivity index (χ0v) is 20.5. The molecular weight excluding hydrogens is 467 g/mol. The third-order valence-corrected chi connectivity index (χ3v) is 9.60. The van der Waals surface area contributed by atoms with E-state index in [1.807, 2.05) is 35.2 Å². The monoisotopic (exact) mass is 496 g/mol. The Labute approximate surface area is 205 Å². The fourth-order valence-corrected chi connectivity index (χ4v) is 6.92. The summed E-state index contributed by atoms with van der Waals surface area (Å²) in [6, 6.07) is 11.7. The number of sulfonamides is 1. The maximum absolute atomic E-state index is 15.3. The number of nitrogens with zero attached hydrogens (tertiary/aromatic N) is 2. The van der Waals surface area contributed by atoms with Crippen LogP contribution in [0.15, 0.2) is 47.4 Å². The van der Waals surface area contributed by atoms with E-state index in [1.165, 1.54) is 16.4 Å². The molecule has 1 atom stereocenters. The molecule has 2 aliphatic carbocycles. The Morgan fingerprint density at radius 3 is 2.43 bits per heavy atom. The largest absolute Gasteiger partial charge is 0.480 e. The van der Waals surface area contributed by atoms with Gasteiger partial charge in [-0.3, -0.25) is 4.79 Å². The Hall–Kier alpha value is -2.89. The molecule has 0 saturated heterocycles. The predicted octanol–water partition coefficient (Wildman–Crippen LogP) is 4.76. The van der Waals surface area contributed by atoms with Crippen molar-refractivity contribution >= 4 is 27.4 Å². The molecule has 5 rings (SSSR count). The highest BCUT2D eigenvalue weighted by molar-refractivity contribution is 7.89. The molecule has 184 valence electrons. The third-order valence-electron chi connectivity index (χ3n) is 7.69. The van der Waals surface area contributed by atoms with Gasteiger partial charge in [0.1, 0.15) is 16.1 Å². The van der Waals surface area contributed by atoms with Crippen LogP contribution in [0.25, 0.3) is 0 Å². The second kappa shape index (κ2) is 8.96. The van der Waals surface area contributed by atoms with Crippen molar-refractivity contribution in [1.29, 1.82) is 0 Å². The van der Waals surface area contributed by atoms with Crippen molar-refractivity contribution < 1.29 is 22.7 Å². The predicted molar refractivity (Wildman–Crippen MR) is 131 cm³/mol. The lowest BCUT2D eigenvalue weighted by Crippen LogP contribution is -2.46. The first-order valence-electron chi connectivity index (χ1n) is 12.1. The zero-order chi connectivity index (χ0) is 24.8. The maximum atomic E-state index is 15.3. The van der Waals surface area contributed by atoms with E-state index in [-0.39, 0.29) is 28.1 Å². The van der Waals surface area contributed by atoms with Crippen molar-refractivity contribution in [2.75, 3.05) is 18.5 Å². The average molecular weight is 497 g/mol. The highest BCUT2D eigenvalue weighted by atomic mass is 32.2. The van der Waals surface area contributed by atoms with E-state index in [1.54, 1.807) is 7.05 Å². The number of carboxylic acid groups (broad SMARTS) is 1. The minimum absolute atomic E-state index is 0.00645. The molecule has 1 N–H and O–H groups in total. The highest BCUT2D eigenvalue weighted by Gasteiger charge is 2.49. The van der Waals surface area contributed by atoms with Gasteiger partial charge in [-0.2, -0.15) is 4.31 Å². The van der Waals surface area contributed by atoms with Crippen LogP contribution in [-0.4, -0.2) is 43.4 Å². The molecule has 2 saturated carbocycles. The number of carboxylic acids is 1. The van der Waals surface area contributed by atoms with Crippen molar-refractivity contribution in [1.82, 2.24) is 4.31 Å². The molecule has 8 heteroatoms. The number of hydrogen-bond donors (Lipinski definition) is 1. The molecule has 2 aromatic carbocycles. The molecule has 1 heterocycles. The Morgan fingerprint density at radius 2 is 1.80 bits per heavy atom. The lowest BCUT2D eigenvalue weighted by molar-refractivity contribution is -0.141. The molecule has 2 aromatic rings. The number of fused-ring (bicyclic) bond motifs is 1. The first kappa shape index (κ1) is 23.8. The van der Waals surface area contributed by atoms with Crippen LogP contribution in [0, 0.1) is 29.0 Å². The molecule has 1 aliphatic heterocycles. The zero-order valence-electron chi connectivity index (χ0n) is 19.7. The van der Waals surface area contributed by atoms with Gasteiger partial charge in [-0.05, 0) is 49.8 Å². The van der Waals surface area contributed by atoms with Gasteiger partial charge in [-0.1, -0.05) is 49.3 Å². The summed E-state index contributed by atoms with van der Waals surface area (Å²) in [6.07, 6.45) is 6.06. The van der Waals surface area contributed by atoms with Gasteiger partial charge in [0.2, 0.25) is 10.0 Å². The van der Waals surface area contributed by atoms with Gasteiger partial charge in [0, 0.05) is 31.4 Å². The first-order chi connectivity index (χ1) is 16.7. The summed E-state index contributed by atoms with van der Waals surface area (Å²) >= 11 is 0. The van der Waals surface area contributed by atoms with E-state index in [4.69, 9.17) is 0 Å². The normalized spacial score (nSPS) is 23.5. The number of para-hydroxylation sites is 1. The van der Waals surface area contributed by atoms with E-state index in [2.05, 4.69) is 11.8 Å². The van der Waals surface area contributed by atoms with Crippen LogP contribution in [0.1, 0.15) is 50.5 Å². The molecule has 0 spiro atoms. The molecule has 2 fully saturated rings. The maximum Gasteiger partial charge on any atom is 0.321 e. The lowest BCUT2D eigenvalue weighted by atomic mass is 9.83. The van der Waals surface area contributed by atoms with Crippen LogP contribution in [0.4, 0.5) is 15.8 Å². The lowest BCUT2D eigenvalue weighted by Gasteiger charge is -2.36. The second-order valence-electron chi connectivity index (χ2n) is 9.87. The molecule has 0 bridgehead atoms. The minimum atomic E-state index is -3.95. The van der Waals surface area contributed by atoms with Gasteiger partial charge in [-0.25, -0.2) is 12.8 Å². The number of anilines is 2. The number of carbonyl (C=O) groups is 1. The van der Waals surface area contributed by atoms with Crippen LogP contribution in [0.5, 0.6) is 0 Å². The van der Waals surface area contributed by atoms with Gasteiger partial charge >= 0.3 is 5.97 Å². The summed E-state index contributed by atoms with van der Waals surface area (Å²) in [6.45, 7) is 0.421. The summed E-state index contributed by atoms with van der Waals surface area (Å²) < 4.78 is 44.5. The molecule has 0 radical (unpaired) electrons. The molecule has 0 aromatic heterocycles. The average Bonchev–Trinajstić information content (AvgIpc) is 3.66. The Balaban J connectivity index is 1.65. The van der Waals surface area contributed by atoms with Gasteiger partial charge < -0.3 is 10.0 Å². The Morgan fingerprint density at radius 1 is 1.11 bits per heavy atom. The summed E-state index contributed by atoms with van der Waals surface area (Å²) in [4.78, 5) is 13.4. The standard InChI is InChI=1S/C27H29FN2O4S/c1-29-24(19-8-4-2-5-9-19)18-30(21-10-6-3-7-11-21)23-17-22(28)20(16-25(23)35(29,33)34)12-13-27(14-15-27)26(31)32/h3,6-7,10-11,16-17,19,24H,2,4-5,8-9,14-15,18H2,1H3,(H,31,32)/t24-/m0/s1. The van der Waals surface area contributed by atoms with Crippen molar-refractivity contribution in [3.05, 3.63) is 53.8 Å². The van der Waals surface area contributed by atoms with Crippen molar-refractivity contribution in [2.24, 2.45) is 11.3 Å². The van der Waals surface area contributed by atoms with E-state index >= 15 is 4.39 Å². The van der Waals surface area contributed by atoms with Crippen LogP contribution < -0.4 is 4.90 Å². The van der Waals surface area contributed by atoms with Gasteiger partial charge in [0.15, 0.2) is 0 Å². The number of aliphatic carboxylic acids is 1. The number of hydrogen-bond acceptors (Lipinski definition) is 4. The molecule has 3 aliphatic rings. The van der Waals surface area contributed by atoms with Gasteiger partial charge in [0.05, 0.1) is 11.3 Å². The van der Waals surface area contributed by atoms with Crippen LogP contribution in [-0.2, 0) is 14.8 Å². The van der Waals surface area contributed by atoms with E-state index in [0.29, 0.717) is 19.4 Å². The van der Waals surface area contributed by atoms with Crippen molar-refractivity contribution in [2.45, 2.75) is 55.9 Å². The summed E-state index contributed by atoms with van der Waals surface area (Å²) in [5.41, 5.74) is -0.181. The quantitative estimate of drug-likeness (QED) is 0.620. The molecule has 0 unspecified atom stereocenters. The minimum Gasteiger partial charge on any atom is -0.480 e. The SMILES string of the molecule is CN1[C@H](C2CCCCC2)CN(c2ccccc2)c2cc(F)c(C#CC3(C(=O)O)CC3)cc2S1(=O)=O. The van der Waals surface area contributed by atoms with Crippen molar-refractivity contribution in [3.63, 3.8) is 0 Å². The molecular formula is C27H29FN2O4S. The molecule has 35 heavy (non-hydrogen) atoms. The van der Waals surface area contributed by atoms with E-state index in [0.717, 1.165) is 37.8 Å². The second-order valence-corrected chi connectivity index (χ2v) is 11.8. The highest BCUT2D eigenvalue weighted by Crippen LogP contribution is 2.45. The number of likely N-dealkylation sites (N-methyl/N-ethyl adjacent to an activating group) is 1.